The lowest BCUT2D eigenvalue weighted by Crippen LogP contribution is -2.37. The monoisotopic (exact) mass is 194 g/mol. The third-order valence-corrected chi connectivity index (χ3v) is 1.89. The van der Waals surface area contributed by atoms with Crippen LogP contribution in [-0.4, -0.2) is 16.7 Å². The maximum absolute atomic E-state index is 10.8. The summed E-state index contributed by atoms with van der Waals surface area (Å²) >= 11 is 0. The highest BCUT2D eigenvalue weighted by atomic mass is 16.1. The molecule has 0 aliphatic carbocycles. The van der Waals surface area contributed by atoms with E-state index in [1.54, 1.807) is 12.1 Å². The first-order chi connectivity index (χ1) is 6.47. The number of nitrogens with one attached hydrogen (secondary N) is 1. The van der Waals surface area contributed by atoms with Gasteiger partial charge in [0.1, 0.15) is 0 Å². The summed E-state index contributed by atoms with van der Waals surface area (Å²) in [7, 11) is 0. The summed E-state index contributed by atoms with van der Waals surface area (Å²) in [6, 6.07) is 3.16. The van der Waals surface area contributed by atoms with Crippen LogP contribution in [0.3, 0.4) is 0 Å². The van der Waals surface area contributed by atoms with Crippen LogP contribution in [0.1, 0.15) is 20.8 Å². The maximum Gasteiger partial charge on any atom is 0.181 e. The van der Waals surface area contributed by atoms with Crippen LogP contribution in [0.4, 0.5) is 0 Å². The van der Waals surface area contributed by atoms with Crippen molar-refractivity contribution >= 4 is 0 Å². The Balaban J connectivity index is 2.39. The molecule has 1 aromatic heterocycles. The fourth-order valence-electron chi connectivity index (χ4n) is 1.15. The molecule has 0 atom stereocenters. The molecule has 1 N–H and O–H groups in total. The van der Waals surface area contributed by atoms with Gasteiger partial charge in [-0.3, -0.25) is 4.79 Å². The summed E-state index contributed by atoms with van der Waals surface area (Å²) in [6.45, 7) is 8.21. The summed E-state index contributed by atoms with van der Waals surface area (Å²) < 4.78 is 2.00. The molecule has 1 rings (SSSR count). The van der Waals surface area contributed by atoms with Crippen molar-refractivity contribution in [2.45, 2.75) is 32.9 Å². The van der Waals surface area contributed by atoms with Gasteiger partial charge in [-0.1, -0.05) is 0 Å². The van der Waals surface area contributed by atoms with E-state index in [1.165, 1.54) is 0 Å². The van der Waals surface area contributed by atoms with Crippen LogP contribution in [0.5, 0.6) is 0 Å². The molecule has 3 heteroatoms. The van der Waals surface area contributed by atoms with Crippen molar-refractivity contribution in [1.82, 2.24) is 9.88 Å². The van der Waals surface area contributed by atoms with E-state index in [-0.39, 0.29) is 11.0 Å². The topological polar surface area (TPSA) is 34.0 Å². The lowest BCUT2D eigenvalue weighted by molar-refractivity contribution is 0.412. The zero-order chi connectivity index (χ0) is 10.6. The van der Waals surface area contributed by atoms with Gasteiger partial charge in [-0.2, -0.15) is 0 Å². The fraction of sp³-hybridized carbons (Fsp3) is 0.545. The Morgan fingerprint density at radius 2 is 1.86 bits per heavy atom. The third-order valence-electron chi connectivity index (χ3n) is 1.89. The molecular formula is C11H18N2O. The molecule has 0 aliphatic rings. The summed E-state index contributed by atoms with van der Waals surface area (Å²) in [5.74, 6) is 0. The number of rotatable bonds is 3. The molecule has 3 nitrogen and oxygen atoms in total. The van der Waals surface area contributed by atoms with E-state index in [9.17, 15) is 4.79 Å². The zero-order valence-electron chi connectivity index (χ0n) is 9.08. The first-order valence-corrected chi connectivity index (χ1v) is 4.88. The van der Waals surface area contributed by atoms with E-state index in [0.717, 1.165) is 13.1 Å². The molecule has 1 aromatic rings. The van der Waals surface area contributed by atoms with Gasteiger partial charge in [0, 0.05) is 43.2 Å². The van der Waals surface area contributed by atoms with Gasteiger partial charge >= 0.3 is 0 Å². The van der Waals surface area contributed by atoms with Crippen molar-refractivity contribution in [2.75, 3.05) is 6.54 Å². The molecule has 0 fully saturated rings. The van der Waals surface area contributed by atoms with E-state index in [2.05, 4.69) is 26.1 Å². The second-order valence-electron chi connectivity index (χ2n) is 4.45. The van der Waals surface area contributed by atoms with Crippen molar-refractivity contribution in [2.24, 2.45) is 0 Å². The van der Waals surface area contributed by atoms with E-state index in [0.29, 0.717) is 0 Å². The minimum atomic E-state index is 0.0602. The molecule has 0 unspecified atom stereocenters. The van der Waals surface area contributed by atoms with Crippen LogP contribution in [-0.2, 0) is 6.54 Å². The molecule has 0 bridgehead atoms. The van der Waals surface area contributed by atoms with Crippen LogP contribution in [0.15, 0.2) is 29.3 Å². The van der Waals surface area contributed by atoms with Gasteiger partial charge in [-0.05, 0) is 20.8 Å². The molecule has 0 spiro atoms. The highest BCUT2D eigenvalue weighted by Crippen LogP contribution is 1.97. The molecule has 14 heavy (non-hydrogen) atoms. The number of aromatic nitrogens is 1. The quantitative estimate of drug-likeness (QED) is 0.785. The predicted molar refractivity (Wildman–Crippen MR) is 58.5 cm³/mol. The van der Waals surface area contributed by atoms with Crippen molar-refractivity contribution in [3.05, 3.63) is 34.7 Å². The van der Waals surface area contributed by atoms with E-state index >= 15 is 0 Å². The van der Waals surface area contributed by atoms with Crippen LogP contribution in [0.2, 0.25) is 0 Å². The van der Waals surface area contributed by atoms with Gasteiger partial charge in [-0.15, -0.1) is 0 Å². The van der Waals surface area contributed by atoms with Gasteiger partial charge < -0.3 is 9.88 Å². The lowest BCUT2D eigenvalue weighted by Gasteiger charge is -2.20. The number of pyridine rings is 1. The third kappa shape index (κ3) is 4.23. The first kappa shape index (κ1) is 11.0. The molecule has 0 saturated heterocycles. The minimum absolute atomic E-state index is 0.0602. The Morgan fingerprint density at radius 1 is 1.29 bits per heavy atom. The molecule has 0 amide bonds. The average Bonchev–Trinajstić information content (AvgIpc) is 2.06. The Kier molecular flexibility index (Phi) is 3.47. The summed E-state index contributed by atoms with van der Waals surface area (Å²) in [6.07, 6.45) is 3.62. The second kappa shape index (κ2) is 4.42. The average molecular weight is 194 g/mol. The van der Waals surface area contributed by atoms with E-state index in [1.807, 2.05) is 17.0 Å². The Bertz CT molecular complexity index is 315. The van der Waals surface area contributed by atoms with Crippen LogP contribution in [0.25, 0.3) is 0 Å². The second-order valence-corrected chi connectivity index (χ2v) is 4.45. The van der Waals surface area contributed by atoms with Gasteiger partial charge in [0.2, 0.25) is 0 Å². The van der Waals surface area contributed by atoms with E-state index < -0.39 is 0 Å². The van der Waals surface area contributed by atoms with Crippen molar-refractivity contribution in [3.63, 3.8) is 0 Å². The normalized spacial score (nSPS) is 11.6. The van der Waals surface area contributed by atoms with Gasteiger partial charge in [-0.25, -0.2) is 0 Å². The molecule has 78 valence electrons. The minimum Gasteiger partial charge on any atom is -0.353 e. The van der Waals surface area contributed by atoms with Crippen molar-refractivity contribution < 1.29 is 0 Å². The molecule has 0 radical (unpaired) electrons. The Hall–Kier alpha value is -1.09. The number of nitrogens with zero attached hydrogens (tertiary/aromatic N) is 1. The summed E-state index contributed by atoms with van der Waals surface area (Å²) in [4.78, 5) is 10.8. The number of hydrogen-bond donors (Lipinski definition) is 1. The first-order valence-electron chi connectivity index (χ1n) is 4.88. The van der Waals surface area contributed by atoms with Gasteiger partial charge in [0.15, 0.2) is 5.43 Å². The lowest BCUT2D eigenvalue weighted by atomic mass is 10.1. The standard InChI is InChI=1S/C11H18N2O/c1-11(2,3)12-6-9-13-7-4-10(14)5-8-13/h4-5,7-8,12H,6,9H2,1-3H3. The van der Waals surface area contributed by atoms with E-state index in [4.69, 9.17) is 0 Å². The Labute approximate surface area is 84.8 Å². The molecule has 0 aliphatic heterocycles. The molecule has 1 heterocycles. The zero-order valence-corrected chi connectivity index (χ0v) is 9.08. The van der Waals surface area contributed by atoms with Crippen LogP contribution < -0.4 is 10.7 Å². The summed E-state index contributed by atoms with van der Waals surface area (Å²) in [5.41, 5.74) is 0.212. The van der Waals surface area contributed by atoms with Gasteiger partial charge in [0.05, 0.1) is 0 Å². The van der Waals surface area contributed by atoms with Crippen LogP contribution in [0, 0.1) is 0 Å². The molecule has 0 aromatic carbocycles. The largest absolute Gasteiger partial charge is 0.353 e. The van der Waals surface area contributed by atoms with Crippen molar-refractivity contribution in [3.8, 4) is 0 Å². The smallest absolute Gasteiger partial charge is 0.181 e. The highest BCUT2D eigenvalue weighted by molar-refractivity contribution is 4.93. The van der Waals surface area contributed by atoms with Crippen LogP contribution >= 0.6 is 0 Å². The maximum atomic E-state index is 10.8. The Morgan fingerprint density at radius 3 is 2.36 bits per heavy atom. The summed E-state index contributed by atoms with van der Waals surface area (Å²) in [5, 5.41) is 3.39. The molecule has 0 saturated carbocycles. The fourth-order valence-corrected chi connectivity index (χ4v) is 1.15. The highest BCUT2D eigenvalue weighted by Gasteiger charge is 2.06. The van der Waals surface area contributed by atoms with Crippen molar-refractivity contribution in [1.29, 1.82) is 0 Å². The molecular weight excluding hydrogens is 176 g/mol. The predicted octanol–water partition coefficient (Wildman–Crippen LogP) is 1.24. The van der Waals surface area contributed by atoms with Gasteiger partial charge in [0.25, 0.3) is 0 Å². The SMILES string of the molecule is CC(C)(C)NCCn1ccc(=O)cc1. The number of hydrogen-bond acceptors (Lipinski definition) is 2.